The first-order valence-electron chi connectivity index (χ1n) is 38.6. The summed E-state index contributed by atoms with van der Waals surface area (Å²) in [4.78, 5) is 137. The molecule has 0 bridgehead atoms. The summed E-state index contributed by atoms with van der Waals surface area (Å²) in [5.41, 5.74) is 6.43. The number of benzene rings is 9. The van der Waals surface area contributed by atoms with Gasteiger partial charge in [0.1, 0.15) is 74.8 Å². The average molecular weight is 1810 g/mol. The van der Waals surface area contributed by atoms with Crippen LogP contribution in [-0.2, 0) is 77.0 Å². The zero-order valence-electron chi connectivity index (χ0n) is 70.1. The first-order valence-corrected chi connectivity index (χ1v) is 38.6. The summed E-state index contributed by atoms with van der Waals surface area (Å²) in [5, 5.41) is 12.4. The van der Waals surface area contributed by atoms with Crippen LogP contribution in [0.15, 0.2) is 219 Å². The van der Waals surface area contributed by atoms with E-state index >= 15 is 0 Å². The minimum atomic E-state index is -1.13. The molecule has 15 rings (SSSR count). The van der Waals surface area contributed by atoms with Crippen LogP contribution in [0, 0.1) is 41.1 Å². The van der Waals surface area contributed by atoms with Gasteiger partial charge in [0.25, 0.3) is 5.91 Å². The number of hydroxylamine groups is 3. The first kappa shape index (κ1) is 101. The average Bonchev–Trinajstić information content (AvgIpc) is 1.63. The number of ether oxygens (including phenoxy) is 6. The Bertz CT molecular complexity index is 5670. The molecule has 652 valence electrons. The number of hydrogen-bond acceptors (Lipinski definition) is 21. The number of aromatic carboxylic acids is 1. The van der Waals surface area contributed by atoms with Crippen LogP contribution < -0.4 is 50.9 Å². The van der Waals surface area contributed by atoms with E-state index in [0.717, 1.165) is 21.8 Å². The van der Waals surface area contributed by atoms with Gasteiger partial charge in [0.15, 0.2) is 40.5 Å². The predicted molar refractivity (Wildman–Crippen MR) is 469 cm³/mol. The Morgan fingerprint density at radius 3 is 0.865 bits per heavy atom. The summed E-state index contributed by atoms with van der Waals surface area (Å²) < 4.78 is 73.7. The second-order valence-corrected chi connectivity index (χ2v) is 29.4. The Labute approximate surface area is 760 Å². The number of hydrogen-bond donors (Lipinski definition) is 2. The molecule has 0 spiro atoms. The summed E-state index contributed by atoms with van der Waals surface area (Å²) in [6.07, 6.45) is 8.76. The van der Waals surface area contributed by atoms with E-state index in [-0.39, 0.29) is 181 Å². The van der Waals surface area contributed by atoms with Crippen LogP contribution in [0.1, 0.15) is 117 Å². The Morgan fingerprint density at radius 2 is 0.635 bits per heavy atom. The number of carboxylic acid groups (broad SMARTS) is 1. The number of carbonyl (C=O) groups is 9. The molecule has 0 saturated heterocycles. The fraction of sp³-hybridized carbons (Fsp3) is 0.247. The number of nitrogens with zero attached hydrogens (tertiary/aromatic N) is 4. The van der Waals surface area contributed by atoms with Crippen molar-refractivity contribution in [1.82, 2.24) is 25.5 Å². The van der Waals surface area contributed by atoms with Gasteiger partial charge in [-0.1, -0.05) is 80.2 Å². The van der Waals surface area contributed by atoms with Crippen molar-refractivity contribution in [2.24, 2.45) is 16.2 Å². The van der Waals surface area contributed by atoms with E-state index in [4.69, 9.17) is 33.3 Å². The number of amides is 1. The van der Waals surface area contributed by atoms with E-state index in [1.807, 2.05) is 0 Å². The van der Waals surface area contributed by atoms with Gasteiger partial charge in [0.05, 0.1) is 79.5 Å². The number of methoxy groups -OCH3 is 3. The number of nitrogens with one attached hydrogen (secondary N) is 1. The number of Topliss-reactive ketones (excluding diaryl/α,β-unsaturated/α-hetero) is 7. The molecule has 0 aliphatic heterocycles. The van der Waals surface area contributed by atoms with Gasteiger partial charge in [0, 0.05) is 106 Å². The van der Waals surface area contributed by atoms with Gasteiger partial charge in [0.2, 0.25) is 0 Å². The molecule has 29 heteroatoms. The molecule has 3 aliphatic carbocycles. The van der Waals surface area contributed by atoms with Crippen molar-refractivity contribution in [3.8, 4) is 51.7 Å². The summed E-state index contributed by atoms with van der Waals surface area (Å²) in [6.45, 7) is 1.47. The van der Waals surface area contributed by atoms with Gasteiger partial charge in [-0.05, 0) is 188 Å². The van der Waals surface area contributed by atoms with Crippen molar-refractivity contribution in [3.05, 3.63) is 294 Å². The SMILES string of the molecule is C.CNOC.COc1cc2nccc(Oc3ccc(CC(=O)C4(C(=O)Cc5ccc(F)cc5)CC4)cc3)c2cc1C(=O)N(C)OC.COc1cc2nccc(Oc3ccc(CC(=O)C4(C(=O)Cc5ccc(F)cc5)CC4)cc3)c2cc1C(=O)O.COc1cc2nccc(Oc3ccc(CC(=O)C4(C(=O)Cc5ccc(F)cc5)CC4)cc3)c2cc1C(C)=O.Cl.[Br-].[CH3-].[Mg+2]. The van der Waals surface area contributed by atoms with Crippen LogP contribution in [0.25, 0.3) is 32.7 Å². The van der Waals surface area contributed by atoms with Crippen LogP contribution in [0.3, 0.4) is 0 Å². The third-order valence-electron chi connectivity index (χ3n) is 21.5. The second-order valence-electron chi connectivity index (χ2n) is 29.4. The van der Waals surface area contributed by atoms with Crippen LogP contribution in [0.2, 0.25) is 0 Å². The topological polar surface area (TPSA) is 302 Å². The zero-order valence-corrected chi connectivity index (χ0v) is 73.9. The molecule has 0 radical (unpaired) electrons. The van der Waals surface area contributed by atoms with Crippen molar-refractivity contribution in [2.75, 3.05) is 49.6 Å². The third kappa shape index (κ3) is 24.3. The quantitative estimate of drug-likeness (QED) is 0.0130. The molecule has 3 heterocycles. The standard InChI is InChI=1S/C32H29FN2O6.C31H26FNO5.C30H24FNO6.C2H7NO.CH4.CH3.BrH.ClH.Mg/c1-35(40-3)31(38)25-18-24-26(19-28(25)39-2)34-15-12-27(24)41-23-10-6-21(7-11-23)17-30(37)32(13-14-32)29(36)16-20-4-8-22(33)9-5-20;1-19(34)24-17-25-26(18-28(24)37-2)33-14-11-27(25)38-23-9-5-21(6-10-23)16-30(36)31(12-13-31)29(35)15-20-3-7-22(32)8-4-20;1-37-26-17-24-22(16-23(26)29(35)36)25(10-13-32-24)38-21-8-4-19(5-9-21)15-28(34)30(11-12-30)27(33)14-18-2-6-20(31)7-3-18;1-3-4-2;;;;;/h4-12,15,18-19H,13-14,16-17H2,1-3H3;3-11,14,17-18H,12-13,15-16H2,1-2H3;2-10,13,16-17H,11-12,14-15H2,1H3,(H,35,36);3H,1-2H3;1H4;1H3;2*1H;/q;;;;;-1;;;+2/p-1. The maximum Gasteiger partial charge on any atom is 2.00 e. The van der Waals surface area contributed by atoms with E-state index in [1.54, 1.807) is 190 Å². The van der Waals surface area contributed by atoms with Crippen LogP contribution in [0.4, 0.5) is 13.2 Å². The number of halogens is 5. The molecule has 3 saturated carbocycles. The number of ketones is 7. The molecule has 0 atom stereocenters. The third-order valence-corrected chi connectivity index (χ3v) is 21.5. The number of pyridine rings is 3. The van der Waals surface area contributed by atoms with Gasteiger partial charge in [-0.3, -0.25) is 58.1 Å². The molecule has 9 aromatic carbocycles. The molecule has 2 N–H and O–H groups in total. The summed E-state index contributed by atoms with van der Waals surface area (Å²) in [6, 6.07) is 53.4. The van der Waals surface area contributed by atoms with E-state index in [2.05, 4.69) is 25.3 Å². The molecule has 23 nitrogen and oxygen atoms in total. The Balaban J connectivity index is 0.000000249. The van der Waals surface area contributed by atoms with Crippen LogP contribution >= 0.6 is 12.4 Å². The Hall–Kier alpha value is -12.2. The minimum Gasteiger partial charge on any atom is -1.00 e. The van der Waals surface area contributed by atoms with E-state index in [1.165, 1.54) is 84.9 Å². The summed E-state index contributed by atoms with van der Waals surface area (Å²) in [7, 11) is 10.6. The van der Waals surface area contributed by atoms with E-state index < -0.39 is 22.2 Å². The molecule has 12 aromatic rings. The van der Waals surface area contributed by atoms with Gasteiger partial charge in [-0.25, -0.2) is 28.5 Å². The number of carboxylic acids is 1. The van der Waals surface area contributed by atoms with Crippen molar-refractivity contribution in [3.63, 3.8) is 0 Å². The smallest absolute Gasteiger partial charge is 1.00 e. The molecule has 1 amide bonds. The number of carbonyl (C=O) groups excluding carboxylic acids is 8. The van der Waals surface area contributed by atoms with Crippen molar-refractivity contribution in [2.45, 2.75) is 91.4 Å². The fourth-order valence-electron chi connectivity index (χ4n) is 13.9. The molecular weight excluding hydrogens is 1720 g/mol. The van der Waals surface area contributed by atoms with Gasteiger partial charge >= 0.3 is 29.0 Å². The zero-order chi connectivity index (χ0) is 86.3. The van der Waals surface area contributed by atoms with Crippen LogP contribution in [-0.4, -0.2) is 150 Å². The molecule has 0 unspecified atom stereocenters. The number of aromatic nitrogens is 3. The molecule has 3 aromatic heterocycles. The monoisotopic (exact) mass is 1810 g/mol. The largest absolute Gasteiger partial charge is 2.00 e. The summed E-state index contributed by atoms with van der Waals surface area (Å²) in [5.74, 6) is 0.625. The molecule has 3 fully saturated rings. The maximum atomic E-state index is 13.2. The molecule has 126 heavy (non-hydrogen) atoms. The Kier molecular flexibility index (Phi) is 36.2. The van der Waals surface area contributed by atoms with E-state index in [9.17, 15) is 61.4 Å². The summed E-state index contributed by atoms with van der Waals surface area (Å²) >= 11 is 0. The molecule has 3 aliphatic rings. The van der Waals surface area contributed by atoms with Gasteiger partial charge in [-0.15, -0.1) is 12.4 Å². The van der Waals surface area contributed by atoms with Crippen molar-refractivity contribution >= 4 is 121 Å². The van der Waals surface area contributed by atoms with Crippen molar-refractivity contribution < 1.29 is 117 Å². The minimum absolute atomic E-state index is 0. The number of rotatable bonds is 32. The van der Waals surface area contributed by atoms with E-state index in [0.29, 0.717) is 145 Å². The first-order chi connectivity index (χ1) is 58.2. The fourth-order valence-corrected chi connectivity index (χ4v) is 13.9. The number of fused-ring (bicyclic) bond motifs is 3. The van der Waals surface area contributed by atoms with Crippen LogP contribution in [0.5, 0.6) is 51.7 Å². The van der Waals surface area contributed by atoms with Crippen molar-refractivity contribution in [1.29, 1.82) is 0 Å². The molecular formula is C97H94BrClF3MgN5O18. The predicted octanol–water partition coefficient (Wildman–Crippen LogP) is 15.1. The van der Waals surface area contributed by atoms with Gasteiger partial charge < -0.3 is 62.8 Å². The second kappa shape index (κ2) is 45.1. The maximum absolute atomic E-state index is 13.2. The van der Waals surface area contributed by atoms with Gasteiger partial charge in [-0.2, -0.15) is 0 Å². The Morgan fingerprint density at radius 1 is 0.397 bits per heavy atom. The normalized spacial score (nSPS) is 12.8.